The van der Waals surface area contributed by atoms with Crippen molar-refractivity contribution in [3.05, 3.63) is 0 Å². The van der Waals surface area contributed by atoms with E-state index in [2.05, 4.69) is 39.9 Å². The lowest BCUT2D eigenvalue weighted by molar-refractivity contribution is 0.0478. The van der Waals surface area contributed by atoms with Gasteiger partial charge in [0.2, 0.25) is 0 Å². The van der Waals surface area contributed by atoms with Crippen LogP contribution < -0.4 is 5.32 Å². The van der Waals surface area contributed by atoms with Gasteiger partial charge in [0.1, 0.15) is 0 Å². The van der Waals surface area contributed by atoms with Crippen molar-refractivity contribution in [1.29, 1.82) is 0 Å². The third-order valence-electron chi connectivity index (χ3n) is 4.19. The molecule has 0 aromatic heterocycles. The van der Waals surface area contributed by atoms with Crippen molar-refractivity contribution in [2.75, 3.05) is 19.7 Å². The predicted molar refractivity (Wildman–Crippen MR) is 74.2 cm³/mol. The third kappa shape index (κ3) is 4.97. The minimum atomic E-state index is 0.365. The molecular weight excluding hydrogens is 210 g/mol. The molecular formula is C15H31NO. The van der Waals surface area contributed by atoms with E-state index in [0.29, 0.717) is 17.4 Å². The second-order valence-corrected chi connectivity index (χ2v) is 6.67. The summed E-state index contributed by atoms with van der Waals surface area (Å²) in [6, 6.07) is 0. The Labute approximate surface area is 108 Å². The van der Waals surface area contributed by atoms with Crippen molar-refractivity contribution >= 4 is 0 Å². The van der Waals surface area contributed by atoms with Crippen LogP contribution in [0.15, 0.2) is 0 Å². The average molecular weight is 241 g/mol. The van der Waals surface area contributed by atoms with Crippen LogP contribution in [0.5, 0.6) is 0 Å². The van der Waals surface area contributed by atoms with Gasteiger partial charge in [-0.3, -0.25) is 0 Å². The third-order valence-corrected chi connectivity index (χ3v) is 4.19. The molecule has 1 rings (SSSR count). The Hall–Kier alpha value is -0.0800. The minimum absolute atomic E-state index is 0.365. The van der Waals surface area contributed by atoms with Crippen molar-refractivity contribution < 1.29 is 4.74 Å². The summed E-state index contributed by atoms with van der Waals surface area (Å²) in [5.74, 6) is 1.43. The molecule has 0 aromatic carbocycles. The summed E-state index contributed by atoms with van der Waals surface area (Å²) in [5.41, 5.74) is 0.365. The number of rotatable bonds is 7. The molecule has 2 unspecified atom stereocenters. The van der Waals surface area contributed by atoms with E-state index >= 15 is 0 Å². The molecule has 0 aliphatic carbocycles. The maximum Gasteiger partial charge on any atom is 0.0581 e. The molecule has 0 radical (unpaired) electrons. The SMILES string of the molecule is CC(C)CNCC(C)(CC1CCCO1)C(C)C. The first-order valence-corrected chi connectivity index (χ1v) is 7.26. The summed E-state index contributed by atoms with van der Waals surface area (Å²) < 4.78 is 5.80. The summed E-state index contributed by atoms with van der Waals surface area (Å²) in [7, 11) is 0. The Morgan fingerprint density at radius 3 is 2.47 bits per heavy atom. The zero-order chi connectivity index (χ0) is 12.9. The van der Waals surface area contributed by atoms with Gasteiger partial charge in [-0.25, -0.2) is 0 Å². The molecule has 0 saturated carbocycles. The zero-order valence-electron chi connectivity index (χ0n) is 12.4. The van der Waals surface area contributed by atoms with E-state index in [0.717, 1.165) is 25.6 Å². The number of hydrogen-bond donors (Lipinski definition) is 1. The van der Waals surface area contributed by atoms with Crippen molar-refractivity contribution in [3.63, 3.8) is 0 Å². The Kier molecular flexibility index (Phi) is 5.94. The maximum atomic E-state index is 5.80. The van der Waals surface area contributed by atoms with Crippen LogP contribution in [-0.4, -0.2) is 25.8 Å². The summed E-state index contributed by atoms with van der Waals surface area (Å²) in [6.45, 7) is 14.8. The van der Waals surface area contributed by atoms with E-state index in [1.54, 1.807) is 0 Å². The van der Waals surface area contributed by atoms with E-state index < -0.39 is 0 Å². The lowest BCUT2D eigenvalue weighted by atomic mass is 9.74. The van der Waals surface area contributed by atoms with E-state index in [1.807, 2.05) is 0 Å². The molecule has 1 fully saturated rings. The fraction of sp³-hybridized carbons (Fsp3) is 1.00. The van der Waals surface area contributed by atoms with Crippen LogP contribution in [0.25, 0.3) is 0 Å². The van der Waals surface area contributed by atoms with Crippen LogP contribution in [0, 0.1) is 17.3 Å². The zero-order valence-corrected chi connectivity index (χ0v) is 12.4. The Morgan fingerprint density at radius 1 is 1.29 bits per heavy atom. The van der Waals surface area contributed by atoms with Crippen LogP contribution in [0.1, 0.15) is 53.9 Å². The first-order valence-electron chi connectivity index (χ1n) is 7.26. The molecule has 1 heterocycles. The highest BCUT2D eigenvalue weighted by molar-refractivity contribution is 4.84. The fourth-order valence-corrected chi connectivity index (χ4v) is 2.48. The smallest absolute Gasteiger partial charge is 0.0581 e. The largest absolute Gasteiger partial charge is 0.378 e. The highest BCUT2D eigenvalue weighted by Crippen LogP contribution is 2.35. The van der Waals surface area contributed by atoms with Crippen LogP contribution in [0.3, 0.4) is 0 Å². The van der Waals surface area contributed by atoms with Crippen molar-refractivity contribution in [2.24, 2.45) is 17.3 Å². The second kappa shape index (κ2) is 6.75. The van der Waals surface area contributed by atoms with E-state index in [-0.39, 0.29) is 0 Å². The first-order chi connectivity index (χ1) is 7.94. The molecule has 2 nitrogen and oxygen atoms in total. The monoisotopic (exact) mass is 241 g/mol. The maximum absolute atomic E-state index is 5.80. The fourth-order valence-electron chi connectivity index (χ4n) is 2.48. The second-order valence-electron chi connectivity index (χ2n) is 6.67. The molecule has 0 aromatic rings. The highest BCUT2D eigenvalue weighted by Gasteiger charge is 2.32. The molecule has 0 amide bonds. The quantitative estimate of drug-likeness (QED) is 0.737. The molecule has 1 N–H and O–H groups in total. The van der Waals surface area contributed by atoms with Gasteiger partial charge >= 0.3 is 0 Å². The summed E-state index contributed by atoms with van der Waals surface area (Å²) in [4.78, 5) is 0. The van der Waals surface area contributed by atoms with Gasteiger partial charge in [0, 0.05) is 13.2 Å². The molecule has 2 heteroatoms. The molecule has 0 spiro atoms. The summed E-state index contributed by atoms with van der Waals surface area (Å²) in [5, 5.41) is 3.63. The van der Waals surface area contributed by atoms with Crippen LogP contribution >= 0.6 is 0 Å². The van der Waals surface area contributed by atoms with E-state index in [9.17, 15) is 0 Å². The Bertz CT molecular complexity index is 209. The summed E-state index contributed by atoms with van der Waals surface area (Å²) >= 11 is 0. The number of nitrogens with one attached hydrogen (secondary N) is 1. The van der Waals surface area contributed by atoms with Gasteiger partial charge in [-0.2, -0.15) is 0 Å². The molecule has 17 heavy (non-hydrogen) atoms. The molecule has 2 atom stereocenters. The van der Waals surface area contributed by atoms with E-state index in [1.165, 1.54) is 19.3 Å². The first kappa shape index (κ1) is 15.0. The van der Waals surface area contributed by atoms with Gasteiger partial charge in [0.25, 0.3) is 0 Å². The topological polar surface area (TPSA) is 21.3 Å². The van der Waals surface area contributed by atoms with Gasteiger partial charge in [0.05, 0.1) is 6.10 Å². The summed E-state index contributed by atoms with van der Waals surface area (Å²) in [6.07, 6.45) is 4.21. The number of hydrogen-bond acceptors (Lipinski definition) is 2. The lowest BCUT2D eigenvalue weighted by Gasteiger charge is -2.36. The Morgan fingerprint density at radius 2 is 2.00 bits per heavy atom. The minimum Gasteiger partial charge on any atom is -0.378 e. The standard InChI is InChI=1S/C15H31NO/c1-12(2)10-16-11-15(5,13(3)4)9-14-7-6-8-17-14/h12-14,16H,6-11H2,1-5H3. The van der Waals surface area contributed by atoms with Crippen molar-refractivity contribution in [2.45, 2.75) is 60.0 Å². The molecule has 1 saturated heterocycles. The lowest BCUT2D eigenvalue weighted by Crippen LogP contribution is -2.39. The van der Waals surface area contributed by atoms with Gasteiger partial charge in [-0.15, -0.1) is 0 Å². The van der Waals surface area contributed by atoms with Crippen molar-refractivity contribution in [3.8, 4) is 0 Å². The molecule has 1 aliphatic heterocycles. The van der Waals surface area contributed by atoms with Gasteiger partial charge in [-0.1, -0.05) is 34.6 Å². The molecule has 0 bridgehead atoms. The average Bonchev–Trinajstić information content (AvgIpc) is 2.69. The predicted octanol–water partition coefficient (Wildman–Crippen LogP) is 3.46. The molecule has 102 valence electrons. The number of ether oxygens (including phenoxy) is 1. The molecule has 1 aliphatic rings. The normalized spacial score (nSPS) is 24.5. The highest BCUT2D eigenvalue weighted by atomic mass is 16.5. The van der Waals surface area contributed by atoms with Gasteiger partial charge in [0.15, 0.2) is 0 Å². The van der Waals surface area contributed by atoms with Crippen LogP contribution in [0.2, 0.25) is 0 Å². The van der Waals surface area contributed by atoms with Gasteiger partial charge in [-0.05, 0) is 43.1 Å². The van der Waals surface area contributed by atoms with Crippen molar-refractivity contribution in [1.82, 2.24) is 5.32 Å². The van der Waals surface area contributed by atoms with E-state index in [4.69, 9.17) is 4.74 Å². The van der Waals surface area contributed by atoms with Crippen LogP contribution in [0.4, 0.5) is 0 Å². The van der Waals surface area contributed by atoms with Crippen LogP contribution in [-0.2, 0) is 4.74 Å². The Balaban J connectivity index is 2.42. The van der Waals surface area contributed by atoms with Gasteiger partial charge < -0.3 is 10.1 Å².